The van der Waals surface area contributed by atoms with E-state index in [0.29, 0.717) is 68.1 Å². The lowest BCUT2D eigenvalue weighted by molar-refractivity contribution is -0.130. The van der Waals surface area contributed by atoms with E-state index in [0.717, 1.165) is 37.7 Å². The van der Waals surface area contributed by atoms with Crippen LogP contribution in [0.25, 0.3) is 0 Å². The Morgan fingerprint density at radius 3 is 2.23 bits per heavy atom. The summed E-state index contributed by atoms with van der Waals surface area (Å²) >= 11 is 18.4. The van der Waals surface area contributed by atoms with Gasteiger partial charge >= 0.3 is 6.09 Å². The molecule has 2 aromatic carbocycles. The van der Waals surface area contributed by atoms with Gasteiger partial charge in [-0.3, -0.25) is 14.5 Å². The lowest BCUT2D eigenvalue weighted by atomic mass is 10.0. The van der Waals surface area contributed by atoms with Crippen LogP contribution in [0.3, 0.4) is 0 Å². The van der Waals surface area contributed by atoms with Crippen LogP contribution in [0.2, 0.25) is 15.1 Å². The molecule has 0 N–H and O–H groups in total. The number of ether oxygens (including phenoxy) is 1. The zero-order valence-corrected chi connectivity index (χ0v) is 26.6. The largest absolute Gasteiger partial charge is 0.446 e. The average molecular weight is 654 g/mol. The molecule has 3 fully saturated rings. The summed E-state index contributed by atoms with van der Waals surface area (Å²) in [6, 6.07) is 7.95. The van der Waals surface area contributed by atoms with Gasteiger partial charge in [-0.15, -0.1) is 0 Å². The number of benzene rings is 2. The molecule has 12 heteroatoms. The second-order valence-electron chi connectivity index (χ2n) is 11.8. The van der Waals surface area contributed by atoms with E-state index in [-0.39, 0.29) is 33.5 Å². The fraction of sp³-hybridized carbons (Fsp3) is 0.516. The van der Waals surface area contributed by atoms with Crippen LogP contribution in [-0.2, 0) is 9.53 Å². The van der Waals surface area contributed by atoms with Gasteiger partial charge in [0.25, 0.3) is 5.91 Å². The molecule has 232 valence electrons. The number of rotatable bonds is 7. The summed E-state index contributed by atoms with van der Waals surface area (Å²) in [6.45, 7) is 8.72. The van der Waals surface area contributed by atoms with E-state index in [4.69, 9.17) is 39.5 Å². The van der Waals surface area contributed by atoms with Crippen LogP contribution in [0, 0.1) is 24.6 Å². The van der Waals surface area contributed by atoms with Gasteiger partial charge in [0.15, 0.2) is 0 Å². The van der Waals surface area contributed by atoms with Crippen molar-refractivity contribution in [3.05, 3.63) is 62.3 Å². The molecule has 3 amide bonds. The number of hydrogen-bond acceptors (Lipinski definition) is 5. The van der Waals surface area contributed by atoms with Crippen molar-refractivity contribution in [2.24, 2.45) is 11.8 Å². The first-order valence-corrected chi connectivity index (χ1v) is 15.8. The quantitative estimate of drug-likeness (QED) is 0.336. The summed E-state index contributed by atoms with van der Waals surface area (Å²) in [6.07, 6.45) is 1.30. The Morgan fingerprint density at radius 2 is 1.60 bits per heavy atom. The Kier molecular flexibility index (Phi) is 10.1. The van der Waals surface area contributed by atoms with E-state index in [2.05, 4.69) is 4.90 Å². The van der Waals surface area contributed by atoms with Crippen LogP contribution in [0.4, 0.5) is 14.9 Å². The van der Waals surface area contributed by atoms with E-state index < -0.39 is 11.9 Å². The third kappa shape index (κ3) is 7.39. The number of fused-ring (bicyclic) bond motifs is 1. The molecular weight excluding hydrogens is 618 g/mol. The molecule has 2 unspecified atom stereocenters. The molecule has 2 aromatic rings. The number of hydrogen-bond donors (Lipinski definition) is 0. The molecule has 3 aliphatic rings. The smallest absolute Gasteiger partial charge is 0.414 e. The molecule has 5 rings (SSSR count). The summed E-state index contributed by atoms with van der Waals surface area (Å²) in [5.74, 6) is -0.272. The van der Waals surface area contributed by atoms with Gasteiger partial charge in [-0.05, 0) is 61.6 Å². The van der Waals surface area contributed by atoms with Crippen LogP contribution in [0.15, 0.2) is 30.3 Å². The van der Waals surface area contributed by atoms with Gasteiger partial charge in [-0.2, -0.15) is 0 Å². The number of nitrogens with zero attached hydrogens (tertiary/aromatic N) is 4. The molecule has 3 heterocycles. The summed E-state index contributed by atoms with van der Waals surface area (Å²) in [5, 5.41) is 0.622. The van der Waals surface area contributed by atoms with Gasteiger partial charge in [0.1, 0.15) is 11.9 Å². The first-order valence-electron chi connectivity index (χ1n) is 14.7. The topological polar surface area (TPSA) is 73.4 Å². The zero-order chi connectivity index (χ0) is 30.8. The van der Waals surface area contributed by atoms with Crippen LogP contribution < -0.4 is 4.90 Å². The van der Waals surface area contributed by atoms with Crippen molar-refractivity contribution in [1.82, 2.24) is 14.7 Å². The van der Waals surface area contributed by atoms with Gasteiger partial charge in [0.2, 0.25) is 5.91 Å². The maximum absolute atomic E-state index is 14.0. The fourth-order valence-electron chi connectivity index (χ4n) is 6.32. The molecule has 2 atom stereocenters. The number of aryl methyl sites for hydroxylation is 1. The lowest BCUT2D eigenvalue weighted by Gasteiger charge is -2.32. The normalized spacial score (nSPS) is 20.8. The third-order valence-electron chi connectivity index (χ3n) is 8.79. The number of likely N-dealkylation sites (tertiary alicyclic amines) is 3. The highest BCUT2D eigenvalue weighted by atomic mass is 35.5. The number of amides is 3. The van der Waals surface area contributed by atoms with E-state index in [1.54, 1.807) is 27.7 Å². The molecule has 0 radical (unpaired) electrons. The van der Waals surface area contributed by atoms with Crippen LogP contribution in [-0.4, -0.2) is 91.1 Å². The Balaban J connectivity index is 1.15. The average Bonchev–Trinajstić information content (AvgIpc) is 3.54. The predicted octanol–water partition coefficient (Wildman–Crippen LogP) is 6.14. The van der Waals surface area contributed by atoms with Crippen molar-refractivity contribution >= 4 is 58.4 Å². The maximum Gasteiger partial charge on any atom is 0.414 e. The number of anilines is 1. The number of carbonyl (C=O) groups excluding carboxylic acids is 3. The van der Waals surface area contributed by atoms with Crippen molar-refractivity contribution in [2.75, 3.05) is 57.3 Å². The molecule has 3 aliphatic heterocycles. The van der Waals surface area contributed by atoms with Crippen LogP contribution in [0.5, 0.6) is 0 Å². The minimum absolute atomic E-state index is 0.0346. The minimum atomic E-state index is -0.663. The highest BCUT2D eigenvalue weighted by molar-refractivity contribution is 6.36. The number of piperidine rings is 1. The molecule has 0 aliphatic carbocycles. The van der Waals surface area contributed by atoms with Crippen molar-refractivity contribution in [2.45, 2.75) is 39.2 Å². The second-order valence-corrected chi connectivity index (χ2v) is 13.0. The first kappa shape index (κ1) is 31.8. The molecular formula is C31H36Cl3FN4O4. The monoisotopic (exact) mass is 652 g/mol. The van der Waals surface area contributed by atoms with Crippen LogP contribution in [0.1, 0.15) is 42.1 Å². The zero-order valence-electron chi connectivity index (χ0n) is 24.3. The van der Waals surface area contributed by atoms with Gasteiger partial charge in [0.05, 0.1) is 15.6 Å². The molecule has 0 aromatic heterocycles. The Labute approximate surface area is 266 Å². The molecule has 0 saturated carbocycles. The summed E-state index contributed by atoms with van der Waals surface area (Å²) in [7, 11) is 0. The summed E-state index contributed by atoms with van der Waals surface area (Å²) in [5.41, 5.74) is 1.74. The molecule has 43 heavy (non-hydrogen) atoms. The molecule has 0 bridgehead atoms. The van der Waals surface area contributed by atoms with Gasteiger partial charge in [0, 0.05) is 76.3 Å². The van der Waals surface area contributed by atoms with Gasteiger partial charge in [-0.1, -0.05) is 40.9 Å². The van der Waals surface area contributed by atoms with Gasteiger partial charge in [-0.25, -0.2) is 9.18 Å². The van der Waals surface area contributed by atoms with E-state index in [1.807, 2.05) is 19.1 Å². The third-order valence-corrected chi connectivity index (χ3v) is 9.80. The summed E-state index contributed by atoms with van der Waals surface area (Å²) < 4.78 is 19.9. The SMILES string of the molecule is CC(=O)N1CCC(OC(=O)N(CCCN2CC3CN(C(=O)c4cc(F)c(Cl)cc4Cl)CC3C2)c2ccc(C)c(Cl)c2)CC1. The van der Waals surface area contributed by atoms with Crippen LogP contribution >= 0.6 is 34.8 Å². The Hall–Kier alpha value is -2.59. The molecule has 0 spiro atoms. The van der Waals surface area contributed by atoms with Crippen molar-refractivity contribution in [3.63, 3.8) is 0 Å². The molecule has 8 nitrogen and oxygen atoms in total. The fourth-order valence-corrected chi connectivity index (χ4v) is 6.96. The van der Waals surface area contributed by atoms with E-state index >= 15 is 0 Å². The Morgan fingerprint density at radius 1 is 0.930 bits per heavy atom. The van der Waals surface area contributed by atoms with Gasteiger partial charge < -0.3 is 19.4 Å². The molecule has 3 saturated heterocycles. The predicted molar refractivity (Wildman–Crippen MR) is 166 cm³/mol. The van der Waals surface area contributed by atoms with E-state index in [9.17, 15) is 18.8 Å². The second kappa shape index (κ2) is 13.6. The lowest BCUT2D eigenvalue weighted by Crippen LogP contribution is -2.43. The van der Waals surface area contributed by atoms with Crippen molar-refractivity contribution < 1.29 is 23.5 Å². The highest BCUT2D eigenvalue weighted by Gasteiger charge is 2.42. The van der Waals surface area contributed by atoms with Crippen molar-refractivity contribution in [1.29, 1.82) is 0 Å². The van der Waals surface area contributed by atoms with E-state index in [1.165, 1.54) is 6.07 Å². The Bertz CT molecular complexity index is 1370. The standard InChI is InChI=1S/C31H36Cl3FN4O4/c1-19-4-5-23(12-26(19)32)39(31(42)43-24-6-10-37(11-7-24)20(2)40)9-3-8-36-15-21-17-38(18-22(21)16-36)30(41)25-13-29(35)28(34)14-27(25)33/h4-5,12-14,21-22,24H,3,6-11,15-18H2,1-2H3. The first-order chi connectivity index (χ1) is 20.5. The van der Waals surface area contributed by atoms with Crippen molar-refractivity contribution in [3.8, 4) is 0 Å². The number of carbonyl (C=O) groups is 3. The minimum Gasteiger partial charge on any atom is -0.446 e. The highest BCUT2D eigenvalue weighted by Crippen LogP contribution is 2.34. The maximum atomic E-state index is 14.0. The number of halogens is 4. The summed E-state index contributed by atoms with van der Waals surface area (Å²) in [4.78, 5) is 45.7.